The Morgan fingerprint density at radius 1 is 1.18 bits per heavy atom. The van der Waals surface area contributed by atoms with Gasteiger partial charge in [0.05, 0.1) is 5.69 Å². The molecular formula is C12H13BrN2O2. The predicted molar refractivity (Wildman–Crippen MR) is 67.5 cm³/mol. The lowest BCUT2D eigenvalue weighted by molar-refractivity contribution is -0.122. The van der Waals surface area contributed by atoms with Crippen LogP contribution in [0, 0.1) is 18.8 Å². The van der Waals surface area contributed by atoms with Gasteiger partial charge in [0.15, 0.2) is 0 Å². The highest BCUT2D eigenvalue weighted by atomic mass is 79.9. The smallest absolute Gasteiger partial charge is 0.238 e. The van der Waals surface area contributed by atoms with E-state index in [2.05, 4.69) is 20.9 Å². The molecule has 1 aliphatic rings. The van der Waals surface area contributed by atoms with E-state index in [9.17, 15) is 9.59 Å². The Bertz CT molecular complexity index is 481. The summed E-state index contributed by atoms with van der Waals surface area (Å²) in [6.07, 6.45) is 0. The molecule has 0 aromatic carbocycles. The molecule has 0 saturated carbocycles. The van der Waals surface area contributed by atoms with Gasteiger partial charge in [0.25, 0.3) is 0 Å². The average molecular weight is 297 g/mol. The molecule has 2 atom stereocenters. The van der Waals surface area contributed by atoms with Crippen molar-refractivity contribution in [1.82, 2.24) is 4.98 Å². The summed E-state index contributed by atoms with van der Waals surface area (Å²) in [6.45, 7) is 5.37. The van der Waals surface area contributed by atoms with Crippen LogP contribution in [0.2, 0.25) is 0 Å². The van der Waals surface area contributed by atoms with Gasteiger partial charge < -0.3 is 0 Å². The second kappa shape index (κ2) is 4.22. The van der Waals surface area contributed by atoms with Crippen molar-refractivity contribution in [2.24, 2.45) is 11.8 Å². The third-order valence-corrected chi connectivity index (χ3v) is 4.04. The van der Waals surface area contributed by atoms with E-state index in [0.29, 0.717) is 5.82 Å². The molecule has 1 aliphatic heterocycles. The van der Waals surface area contributed by atoms with Crippen molar-refractivity contribution in [3.05, 3.63) is 22.3 Å². The number of aryl methyl sites for hydroxylation is 1. The van der Waals surface area contributed by atoms with Gasteiger partial charge in [0.1, 0.15) is 5.82 Å². The molecule has 0 bridgehead atoms. The zero-order chi connectivity index (χ0) is 12.7. The van der Waals surface area contributed by atoms with Crippen LogP contribution < -0.4 is 4.90 Å². The molecule has 0 N–H and O–H groups in total. The van der Waals surface area contributed by atoms with Crippen LogP contribution in [0.1, 0.15) is 19.5 Å². The van der Waals surface area contributed by atoms with Crippen LogP contribution in [0.4, 0.5) is 5.82 Å². The van der Waals surface area contributed by atoms with E-state index in [-0.39, 0.29) is 23.7 Å². The molecule has 0 aliphatic carbocycles. The average Bonchev–Trinajstić information content (AvgIpc) is 2.48. The maximum atomic E-state index is 12.0. The molecule has 5 heteroatoms. The standard InChI is InChI=1S/C12H13BrN2O2/c1-6-7(2)12(17)15(11(6)16)10-5-4-9(13)8(3)14-10/h4-7H,1-3H3. The number of hydrogen-bond donors (Lipinski definition) is 0. The van der Waals surface area contributed by atoms with Gasteiger partial charge in [-0.15, -0.1) is 0 Å². The van der Waals surface area contributed by atoms with Crippen molar-refractivity contribution in [2.45, 2.75) is 20.8 Å². The Hall–Kier alpha value is -1.23. The van der Waals surface area contributed by atoms with Crippen LogP contribution in [0.5, 0.6) is 0 Å². The zero-order valence-electron chi connectivity index (χ0n) is 9.90. The Labute approximate surface area is 108 Å². The Morgan fingerprint density at radius 2 is 1.71 bits per heavy atom. The van der Waals surface area contributed by atoms with Crippen LogP contribution in [0.15, 0.2) is 16.6 Å². The number of anilines is 1. The van der Waals surface area contributed by atoms with Gasteiger partial charge in [-0.1, -0.05) is 13.8 Å². The molecule has 1 aromatic heterocycles. The van der Waals surface area contributed by atoms with Gasteiger partial charge in [-0.2, -0.15) is 0 Å². The summed E-state index contributed by atoms with van der Waals surface area (Å²) in [6, 6.07) is 3.48. The number of rotatable bonds is 1. The summed E-state index contributed by atoms with van der Waals surface area (Å²) < 4.78 is 0.862. The van der Waals surface area contributed by atoms with Gasteiger partial charge in [-0.3, -0.25) is 9.59 Å². The molecule has 2 unspecified atom stereocenters. The monoisotopic (exact) mass is 296 g/mol. The van der Waals surface area contributed by atoms with Crippen LogP contribution >= 0.6 is 15.9 Å². The predicted octanol–water partition coefficient (Wildman–Crippen LogP) is 2.30. The van der Waals surface area contributed by atoms with Crippen molar-refractivity contribution in [3.63, 3.8) is 0 Å². The summed E-state index contributed by atoms with van der Waals surface area (Å²) >= 11 is 3.34. The highest BCUT2D eigenvalue weighted by Crippen LogP contribution is 2.30. The summed E-state index contributed by atoms with van der Waals surface area (Å²) in [4.78, 5) is 29.4. The van der Waals surface area contributed by atoms with Crippen LogP contribution in [0.25, 0.3) is 0 Å². The number of carbonyl (C=O) groups is 2. The number of amides is 2. The maximum absolute atomic E-state index is 12.0. The summed E-state index contributed by atoms with van der Waals surface area (Å²) in [5, 5.41) is 0. The zero-order valence-corrected chi connectivity index (χ0v) is 11.5. The minimum Gasteiger partial charge on any atom is -0.274 e. The molecule has 1 aromatic rings. The number of imide groups is 1. The van der Waals surface area contributed by atoms with E-state index < -0.39 is 0 Å². The van der Waals surface area contributed by atoms with Crippen molar-refractivity contribution in [3.8, 4) is 0 Å². The third-order valence-electron chi connectivity index (χ3n) is 3.21. The van der Waals surface area contributed by atoms with Crippen LogP contribution in [0.3, 0.4) is 0 Å². The maximum Gasteiger partial charge on any atom is 0.238 e. The molecule has 2 rings (SSSR count). The van der Waals surface area contributed by atoms with Crippen LogP contribution in [-0.4, -0.2) is 16.8 Å². The number of hydrogen-bond acceptors (Lipinski definition) is 3. The first kappa shape index (κ1) is 12.2. The summed E-state index contributed by atoms with van der Waals surface area (Å²) in [5.41, 5.74) is 0.760. The first-order valence-electron chi connectivity index (χ1n) is 5.44. The fourth-order valence-corrected chi connectivity index (χ4v) is 2.05. The number of aromatic nitrogens is 1. The van der Waals surface area contributed by atoms with Crippen molar-refractivity contribution < 1.29 is 9.59 Å². The molecule has 1 saturated heterocycles. The molecule has 0 spiro atoms. The number of nitrogens with zero attached hydrogens (tertiary/aromatic N) is 2. The molecule has 4 nitrogen and oxygen atoms in total. The second-order valence-electron chi connectivity index (χ2n) is 4.33. The molecule has 90 valence electrons. The van der Waals surface area contributed by atoms with E-state index in [1.54, 1.807) is 26.0 Å². The van der Waals surface area contributed by atoms with E-state index in [1.165, 1.54) is 4.90 Å². The molecular weight excluding hydrogens is 284 g/mol. The van der Waals surface area contributed by atoms with Gasteiger partial charge in [-0.25, -0.2) is 9.88 Å². The SMILES string of the molecule is Cc1nc(N2C(=O)C(C)C(C)C2=O)ccc1Br. The molecule has 17 heavy (non-hydrogen) atoms. The fourth-order valence-electron chi connectivity index (χ4n) is 1.82. The number of halogens is 1. The number of pyridine rings is 1. The van der Waals surface area contributed by atoms with Gasteiger partial charge in [-0.05, 0) is 35.0 Å². The van der Waals surface area contributed by atoms with Gasteiger partial charge >= 0.3 is 0 Å². The molecule has 1 fully saturated rings. The van der Waals surface area contributed by atoms with Crippen molar-refractivity contribution in [1.29, 1.82) is 0 Å². The van der Waals surface area contributed by atoms with E-state index in [1.807, 2.05) is 6.92 Å². The van der Waals surface area contributed by atoms with Crippen molar-refractivity contribution in [2.75, 3.05) is 4.90 Å². The Morgan fingerprint density at radius 3 is 2.18 bits per heavy atom. The highest BCUT2D eigenvalue weighted by Gasteiger charge is 2.43. The van der Waals surface area contributed by atoms with Crippen molar-refractivity contribution >= 4 is 33.6 Å². The quantitative estimate of drug-likeness (QED) is 0.747. The third kappa shape index (κ3) is 1.88. The first-order valence-corrected chi connectivity index (χ1v) is 6.23. The topological polar surface area (TPSA) is 50.3 Å². The van der Waals surface area contributed by atoms with Gasteiger partial charge in [0, 0.05) is 16.3 Å². The largest absolute Gasteiger partial charge is 0.274 e. The minimum atomic E-state index is -0.270. The molecule has 2 amide bonds. The highest BCUT2D eigenvalue weighted by molar-refractivity contribution is 9.10. The lowest BCUT2D eigenvalue weighted by Gasteiger charge is -2.14. The molecule has 2 heterocycles. The minimum absolute atomic E-state index is 0.170. The summed E-state index contributed by atoms with van der Waals surface area (Å²) in [7, 11) is 0. The lowest BCUT2D eigenvalue weighted by Crippen LogP contribution is -2.31. The Balaban J connectivity index is 2.43. The van der Waals surface area contributed by atoms with Gasteiger partial charge in [0.2, 0.25) is 11.8 Å². The second-order valence-corrected chi connectivity index (χ2v) is 5.18. The van der Waals surface area contributed by atoms with E-state index in [4.69, 9.17) is 0 Å². The Kier molecular flexibility index (Phi) is 3.03. The first-order chi connectivity index (χ1) is 7.93. The fraction of sp³-hybridized carbons (Fsp3) is 0.417. The summed E-state index contributed by atoms with van der Waals surface area (Å²) in [5.74, 6) is -0.466. The normalized spacial score (nSPS) is 24.6. The van der Waals surface area contributed by atoms with E-state index in [0.717, 1.165) is 10.2 Å². The number of carbonyl (C=O) groups excluding carboxylic acids is 2. The van der Waals surface area contributed by atoms with E-state index >= 15 is 0 Å². The van der Waals surface area contributed by atoms with Crippen LogP contribution in [-0.2, 0) is 9.59 Å². The lowest BCUT2D eigenvalue weighted by atomic mass is 10.00. The molecule has 0 radical (unpaired) electrons.